The highest BCUT2D eigenvalue weighted by Crippen LogP contribution is 2.34. The minimum Gasteiger partial charge on any atom is -0.349 e. The molecule has 1 N–H and O–H groups in total. The minimum absolute atomic E-state index is 0.586. The summed E-state index contributed by atoms with van der Waals surface area (Å²) < 4.78 is 0. The topological polar surface area (TPSA) is 28.2 Å². The van der Waals surface area contributed by atoms with Gasteiger partial charge in [0, 0.05) is 25.3 Å². The zero-order valence-electron chi connectivity index (χ0n) is 12.4. The molecular formula is C16H24ClN3. The quantitative estimate of drug-likeness (QED) is 0.742. The van der Waals surface area contributed by atoms with Crippen LogP contribution in [0, 0.1) is 5.92 Å². The molecule has 110 valence electrons. The molecular weight excluding hydrogens is 270 g/mol. The summed E-state index contributed by atoms with van der Waals surface area (Å²) in [6.07, 6.45) is 6.29. The molecule has 0 aliphatic heterocycles. The van der Waals surface area contributed by atoms with Crippen molar-refractivity contribution in [2.24, 2.45) is 5.92 Å². The molecule has 1 aromatic heterocycles. The Bertz CT molecular complexity index is 455. The third-order valence-electron chi connectivity index (χ3n) is 3.35. The molecule has 1 heterocycles. The monoisotopic (exact) mass is 293 g/mol. The third kappa shape index (κ3) is 4.22. The molecule has 0 saturated heterocycles. The fourth-order valence-electron chi connectivity index (χ4n) is 2.22. The van der Waals surface area contributed by atoms with Gasteiger partial charge in [-0.2, -0.15) is 0 Å². The summed E-state index contributed by atoms with van der Waals surface area (Å²) in [5.41, 5.74) is 1.13. The van der Waals surface area contributed by atoms with Crippen molar-refractivity contribution in [1.82, 2.24) is 10.3 Å². The lowest BCUT2D eigenvalue weighted by Crippen LogP contribution is -2.27. The Morgan fingerprint density at radius 3 is 2.85 bits per heavy atom. The van der Waals surface area contributed by atoms with Gasteiger partial charge in [-0.25, -0.2) is 4.98 Å². The summed E-state index contributed by atoms with van der Waals surface area (Å²) in [4.78, 5) is 6.81. The van der Waals surface area contributed by atoms with Crippen LogP contribution < -0.4 is 10.2 Å². The van der Waals surface area contributed by atoms with E-state index in [1.54, 1.807) is 0 Å². The Kier molecular flexibility index (Phi) is 5.44. The molecule has 0 bridgehead atoms. The lowest BCUT2D eigenvalue weighted by atomic mass is 10.2. The number of aromatic nitrogens is 1. The van der Waals surface area contributed by atoms with Gasteiger partial charge in [-0.05, 0) is 36.9 Å². The maximum atomic E-state index is 6.41. The van der Waals surface area contributed by atoms with E-state index in [9.17, 15) is 0 Å². The zero-order valence-corrected chi connectivity index (χ0v) is 13.2. The maximum absolute atomic E-state index is 6.41. The van der Waals surface area contributed by atoms with Crippen LogP contribution in [0.2, 0.25) is 5.02 Å². The molecule has 0 spiro atoms. The number of hydrogen-bond donors (Lipinski definition) is 1. The van der Waals surface area contributed by atoms with E-state index in [-0.39, 0.29) is 0 Å². The number of rotatable bonds is 8. The summed E-state index contributed by atoms with van der Waals surface area (Å²) in [5.74, 6) is 1.54. The number of nitrogens with zero attached hydrogens (tertiary/aromatic N) is 2. The second kappa shape index (κ2) is 7.09. The van der Waals surface area contributed by atoms with E-state index in [1.807, 2.05) is 18.3 Å². The normalized spacial score (nSPS) is 14.6. The van der Waals surface area contributed by atoms with Gasteiger partial charge in [-0.1, -0.05) is 31.5 Å². The van der Waals surface area contributed by atoms with E-state index in [4.69, 9.17) is 11.6 Å². The molecule has 1 aliphatic carbocycles. The van der Waals surface area contributed by atoms with Crippen molar-refractivity contribution in [3.63, 3.8) is 0 Å². The van der Waals surface area contributed by atoms with E-state index in [0.717, 1.165) is 36.0 Å². The zero-order chi connectivity index (χ0) is 14.5. The summed E-state index contributed by atoms with van der Waals surface area (Å²) in [6.45, 7) is 10.8. The van der Waals surface area contributed by atoms with Crippen LogP contribution in [0.1, 0.15) is 32.3 Å². The SMILES string of the molecule is C=CCN(c1ncc(CNCC(C)C)cc1Cl)C1CC1. The van der Waals surface area contributed by atoms with Crippen LogP contribution in [-0.4, -0.2) is 24.1 Å². The largest absolute Gasteiger partial charge is 0.349 e. The number of halogens is 1. The molecule has 1 fully saturated rings. The van der Waals surface area contributed by atoms with E-state index in [2.05, 4.69) is 35.6 Å². The number of nitrogens with one attached hydrogen (secondary N) is 1. The number of hydrogen-bond acceptors (Lipinski definition) is 3. The van der Waals surface area contributed by atoms with E-state index >= 15 is 0 Å². The molecule has 0 amide bonds. The summed E-state index contributed by atoms with van der Waals surface area (Å²) in [7, 11) is 0. The first-order chi connectivity index (χ1) is 9.61. The van der Waals surface area contributed by atoms with Crippen molar-refractivity contribution in [3.8, 4) is 0 Å². The number of anilines is 1. The van der Waals surface area contributed by atoms with E-state index in [0.29, 0.717) is 12.0 Å². The molecule has 3 nitrogen and oxygen atoms in total. The smallest absolute Gasteiger partial charge is 0.147 e. The molecule has 1 saturated carbocycles. The predicted octanol–water partition coefficient (Wildman–Crippen LogP) is 3.64. The maximum Gasteiger partial charge on any atom is 0.147 e. The van der Waals surface area contributed by atoms with Crippen LogP contribution in [0.5, 0.6) is 0 Å². The second-order valence-corrected chi connectivity index (χ2v) is 6.25. The van der Waals surface area contributed by atoms with E-state index < -0.39 is 0 Å². The average Bonchev–Trinajstić information content (AvgIpc) is 3.21. The van der Waals surface area contributed by atoms with Crippen molar-refractivity contribution in [1.29, 1.82) is 0 Å². The fourth-order valence-corrected chi connectivity index (χ4v) is 2.51. The Balaban J connectivity index is 2.02. The average molecular weight is 294 g/mol. The lowest BCUT2D eigenvalue weighted by Gasteiger charge is -2.23. The van der Waals surface area contributed by atoms with Gasteiger partial charge < -0.3 is 10.2 Å². The molecule has 20 heavy (non-hydrogen) atoms. The summed E-state index contributed by atoms with van der Waals surface area (Å²) in [5, 5.41) is 4.15. The first kappa shape index (κ1) is 15.3. The first-order valence-corrected chi connectivity index (χ1v) is 7.72. The van der Waals surface area contributed by atoms with Crippen LogP contribution in [0.4, 0.5) is 5.82 Å². The molecule has 4 heteroatoms. The van der Waals surface area contributed by atoms with Gasteiger partial charge in [-0.3, -0.25) is 0 Å². The molecule has 0 radical (unpaired) electrons. The van der Waals surface area contributed by atoms with E-state index in [1.165, 1.54) is 12.8 Å². The van der Waals surface area contributed by atoms with Crippen LogP contribution >= 0.6 is 11.6 Å². The Hall–Kier alpha value is -1.06. The lowest BCUT2D eigenvalue weighted by molar-refractivity contribution is 0.552. The van der Waals surface area contributed by atoms with Gasteiger partial charge in [-0.15, -0.1) is 6.58 Å². The van der Waals surface area contributed by atoms with Crippen LogP contribution in [-0.2, 0) is 6.54 Å². The first-order valence-electron chi connectivity index (χ1n) is 7.34. The molecule has 2 rings (SSSR count). The standard InChI is InChI=1S/C16H24ClN3/c1-4-7-20(14-5-6-14)16-15(17)8-13(11-19-16)10-18-9-12(2)3/h4,8,11-12,14,18H,1,5-7,9-10H2,2-3H3. The van der Waals surface area contributed by atoms with Gasteiger partial charge in [0.15, 0.2) is 0 Å². The van der Waals surface area contributed by atoms with Gasteiger partial charge >= 0.3 is 0 Å². The highest BCUT2D eigenvalue weighted by molar-refractivity contribution is 6.33. The second-order valence-electron chi connectivity index (χ2n) is 5.85. The fraction of sp³-hybridized carbons (Fsp3) is 0.562. The van der Waals surface area contributed by atoms with Crippen LogP contribution in [0.25, 0.3) is 0 Å². The van der Waals surface area contributed by atoms with Crippen molar-refractivity contribution < 1.29 is 0 Å². The highest BCUT2D eigenvalue weighted by Gasteiger charge is 2.30. The van der Waals surface area contributed by atoms with Crippen molar-refractivity contribution in [2.45, 2.75) is 39.3 Å². The van der Waals surface area contributed by atoms with Crippen molar-refractivity contribution in [3.05, 3.63) is 35.5 Å². The highest BCUT2D eigenvalue weighted by atomic mass is 35.5. The van der Waals surface area contributed by atoms with Crippen molar-refractivity contribution in [2.75, 3.05) is 18.0 Å². The number of pyridine rings is 1. The predicted molar refractivity (Wildman–Crippen MR) is 86.4 cm³/mol. The van der Waals surface area contributed by atoms with Crippen LogP contribution in [0.3, 0.4) is 0 Å². The van der Waals surface area contributed by atoms with Gasteiger partial charge in [0.2, 0.25) is 0 Å². The summed E-state index contributed by atoms with van der Waals surface area (Å²) in [6, 6.07) is 2.61. The summed E-state index contributed by atoms with van der Waals surface area (Å²) >= 11 is 6.41. The van der Waals surface area contributed by atoms with Crippen LogP contribution in [0.15, 0.2) is 24.9 Å². The van der Waals surface area contributed by atoms with Gasteiger partial charge in [0.05, 0.1) is 5.02 Å². The van der Waals surface area contributed by atoms with Crippen molar-refractivity contribution >= 4 is 17.4 Å². The molecule has 0 unspecified atom stereocenters. The Labute approximate surface area is 127 Å². The Morgan fingerprint density at radius 1 is 1.55 bits per heavy atom. The van der Waals surface area contributed by atoms with Gasteiger partial charge in [0.25, 0.3) is 0 Å². The van der Waals surface area contributed by atoms with Gasteiger partial charge in [0.1, 0.15) is 5.82 Å². The molecule has 0 atom stereocenters. The minimum atomic E-state index is 0.586. The third-order valence-corrected chi connectivity index (χ3v) is 3.62. The molecule has 1 aliphatic rings. The Morgan fingerprint density at radius 2 is 2.30 bits per heavy atom. The molecule has 0 aromatic carbocycles. The molecule has 1 aromatic rings.